The van der Waals surface area contributed by atoms with Gasteiger partial charge >= 0.3 is 0 Å². The first-order valence-corrected chi connectivity index (χ1v) is 10.5. The largest absolute Gasteiger partial charge is 0.496 e. The van der Waals surface area contributed by atoms with Crippen LogP contribution >= 0.6 is 24.0 Å². The molecule has 1 aromatic rings. The fourth-order valence-electron chi connectivity index (χ4n) is 2.61. The van der Waals surface area contributed by atoms with Crippen molar-refractivity contribution in [3.05, 3.63) is 29.3 Å². The summed E-state index contributed by atoms with van der Waals surface area (Å²) < 4.78 is 31.0. The van der Waals surface area contributed by atoms with Crippen LogP contribution in [0, 0.1) is 6.92 Å². The van der Waals surface area contributed by atoms with Crippen molar-refractivity contribution in [2.24, 2.45) is 4.99 Å². The van der Waals surface area contributed by atoms with Crippen molar-refractivity contribution in [1.29, 1.82) is 0 Å². The van der Waals surface area contributed by atoms with Crippen LogP contribution in [0.4, 0.5) is 0 Å². The van der Waals surface area contributed by atoms with Gasteiger partial charge in [0.15, 0.2) is 5.96 Å². The van der Waals surface area contributed by atoms with Gasteiger partial charge in [0.2, 0.25) is 10.0 Å². The number of aryl methyl sites for hydroxylation is 1. The summed E-state index contributed by atoms with van der Waals surface area (Å²) in [5, 5.41) is 6.54. The Kier molecular flexibility index (Phi) is 10.6. The highest BCUT2D eigenvalue weighted by atomic mass is 127. The Morgan fingerprint density at radius 3 is 2.48 bits per heavy atom. The molecule has 1 rings (SSSR count). The van der Waals surface area contributed by atoms with E-state index in [4.69, 9.17) is 4.74 Å². The first-order valence-electron chi connectivity index (χ1n) is 8.65. The fraction of sp³-hybridized carbons (Fsp3) is 0.611. The number of methoxy groups -OCH3 is 1. The molecular weight excluding hydrogens is 479 g/mol. The smallest absolute Gasteiger partial charge is 0.209 e. The highest BCUT2D eigenvalue weighted by Crippen LogP contribution is 2.25. The predicted octanol–water partition coefficient (Wildman–Crippen LogP) is 2.57. The molecule has 1 atom stereocenters. The molecule has 1 aromatic carbocycles. The molecule has 0 fully saturated rings. The zero-order chi connectivity index (χ0) is 20.0. The summed E-state index contributed by atoms with van der Waals surface area (Å²) in [4.78, 5) is 4.54. The van der Waals surface area contributed by atoms with Crippen molar-refractivity contribution in [3.8, 4) is 5.75 Å². The Morgan fingerprint density at radius 1 is 1.33 bits per heavy atom. The first-order chi connectivity index (χ1) is 12.0. The van der Waals surface area contributed by atoms with Gasteiger partial charge < -0.3 is 15.4 Å². The van der Waals surface area contributed by atoms with E-state index in [2.05, 4.69) is 26.4 Å². The maximum Gasteiger partial charge on any atom is 0.209 e. The van der Waals surface area contributed by atoms with E-state index in [0.717, 1.165) is 23.1 Å². The van der Waals surface area contributed by atoms with Crippen molar-refractivity contribution >= 4 is 40.0 Å². The summed E-state index contributed by atoms with van der Waals surface area (Å²) in [5.74, 6) is 1.43. The van der Waals surface area contributed by atoms with E-state index in [1.165, 1.54) is 0 Å². The summed E-state index contributed by atoms with van der Waals surface area (Å²) in [6.45, 7) is 10.6. The van der Waals surface area contributed by atoms with Gasteiger partial charge in [0.25, 0.3) is 0 Å². The Bertz CT molecular complexity index is 736. The van der Waals surface area contributed by atoms with Crippen molar-refractivity contribution in [1.82, 2.24) is 15.4 Å². The number of rotatable bonds is 8. The van der Waals surface area contributed by atoms with Crippen LogP contribution in [0.15, 0.2) is 23.2 Å². The molecule has 1 unspecified atom stereocenters. The minimum absolute atomic E-state index is 0. The SMILES string of the molecule is CCNC(=NCC(C)(C)NS(C)(=O)=O)NC(C)c1cc(C)ccc1OC.I. The van der Waals surface area contributed by atoms with E-state index < -0.39 is 15.6 Å². The monoisotopic (exact) mass is 512 g/mol. The van der Waals surface area contributed by atoms with Gasteiger partial charge in [0.1, 0.15) is 5.75 Å². The van der Waals surface area contributed by atoms with Crippen LogP contribution in [0.5, 0.6) is 5.75 Å². The Morgan fingerprint density at radius 2 is 1.96 bits per heavy atom. The molecule has 156 valence electrons. The molecule has 0 saturated heterocycles. The lowest BCUT2D eigenvalue weighted by atomic mass is 10.0. The third kappa shape index (κ3) is 9.61. The molecule has 0 saturated carbocycles. The molecule has 0 aromatic heterocycles. The molecule has 0 aliphatic rings. The maximum atomic E-state index is 11.5. The molecule has 0 radical (unpaired) electrons. The minimum Gasteiger partial charge on any atom is -0.496 e. The lowest BCUT2D eigenvalue weighted by Crippen LogP contribution is -2.47. The lowest BCUT2D eigenvalue weighted by molar-refractivity contribution is 0.405. The number of nitrogens with zero attached hydrogens (tertiary/aromatic N) is 1. The van der Waals surface area contributed by atoms with E-state index in [0.29, 0.717) is 19.0 Å². The summed E-state index contributed by atoms with van der Waals surface area (Å²) >= 11 is 0. The second kappa shape index (κ2) is 11.1. The molecular formula is C18H33IN4O3S. The number of aliphatic imine (C=N–C) groups is 1. The standard InChI is InChI=1S/C18H32N4O3S.HI/c1-8-19-17(20-12-18(4,5)22-26(7,23)24)21-14(3)15-11-13(2)9-10-16(15)25-6;/h9-11,14,22H,8,12H2,1-7H3,(H2,19,20,21);1H. The number of nitrogens with one attached hydrogen (secondary N) is 3. The average Bonchev–Trinajstić information content (AvgIpc) is 2.50. The second-order valence-corrected chi connectivity index (χ2v) is 8.81. The third-order valence-electron chi connectivity index (χ3n) is 3.64. The van der Waals surface area contributed by atoms with Crippen LogP contribution in [0.2, 0.25) is 0 Å². The highest BCUT2D eigenvalue weighted by molar-refractivity contribution is 14.0. The van der Waals surface area contributed by atoms with E-state index in [1.54, 1.807) is 21.0 Å². The molecule has 0 aliphatic carbocycles. The molecule has 0 aliphatic heterocycles. The Hall–Kier alpha value is -1.07. The molecule has 3 N–H and O–H groups in total. The van der Waals surface area contributed by atoms with Crippen LogP contribution in [0.1, 0.15) is 44.9 Å². The van der Waals surface area contributed by atoms with Crippen molar-refractivity contribution in [2.45, 2.75) is 46.2 Å². The van der Waals surface area contributed by atoms with Crippen LogP contribution < -0.4 is 20.1 Å². The number of benzene rings is 1. The molecule has 0 heterocycles. The molecule has 9 heteroatoms. The van der Waals surface area contributed by atoms with Crippen molar-refractivity contribution in [3.63, 3.8) is 0 Å². The van der Waals surface area contributed by atoms with Gasteiger partial charge in [-0.05, 0) is 40.7 Å². The van der Waals surface area contributed by atoms with Crippen molar-refractivity contribution < 1.29 is 13.2 Å². The zero-order valence-electron chi connectivity index (χ0n) is 17.2. The molecule has 0 spiro atoms. The number of ether oxygens (including phenoxy) is 1. The van der Waals surface area contributed by atoms with E-state index in [9.17, 15) is 8.42 Å². The van der Waals surface area contributed by atoms with Gasteiger partial charge in [-0.3, -0.25) is 4.99 Å². The van der Waals surface area contributed by atoms with E-state index in [1.807, 2.05) is 32.9 Å². The molecule has 27 heavy (non-hydrogen) atoms. The van der Waals surface area contributed by atoms with Crippen LogP contribution in [-0.2, 0) is 10.0 Å². The molecule has 0 amide bonds. The van der Waals surface area contributed by atoms with Crippen LogP contribution in [0.3, 0.4) is 0 Å². The van der Waals surface area contributed by atoms with Crippen LogP contribution in [0.25, 0.3) is 0 Å². The number of sulfonamides is 1. The molecule has 0 bridgehead atoms. The Balaban J connectivity index is 0.00000676. The first kappa shape index (κ1) is 25.9. The number of hydrogen-bond donors (Lipinski definition) is 3. The zero-order valence-corrected chi connectivity index (χ0v) is 20.4. The summed E-state index contributed by atoms with van der Waals surface area (Å²) in [6.07, 6.45) is 1.15. The average molecular weight is 512 g/mol. The van der Waals surface area contributed by atoms with E-state index >= 15 is 0 Å². The summed E-state index contributed by atoms with van der Waals surface area (Å²) in [7, 11) is -1.65. The number of hydrogen-bond acceptors (Lipinski definition) is 4. The number of guanidine groups is 1. The molecule has 7 nitrogen and oxygen atoms in total. The predicted molar refractivity (Wildman–Crippen MR) is 123 cm³/mol. The van der Waals surface area contributed by atoms with Gasteiger partial charge in [-0.15, -0.1) is 24.0 Å². The Labute approximate surface area is 180 Å². The summed E-state index contributed by atoms with van der Waals surface area (Å²) in [5.41, 5.74) is 1.50. The van der Waals surface area contributed by atoms with E-state index in [-0.39, 0.29) is 30.0 Å². The normalized spacial score (nSPS) is 13.5. The second-order valence-electron chi connectivity index (χ2n) is 7.06. The van der Waals surface area contributed by atoms with Crippen molar-refractivity contribution in [2.75, 3.05) is 26.5 Å². The topological polar surface area (TPSA) is 91.8 Å². The number of halogens is 1. The summed E-state index contributed by atoms with van der Waals surface area (Å²) in [6, 6.07) is 6.00. The minimum atomic E-state index is -3.30. The van der Waals surface area contributed by atoms with Gasteiger partial charge in [0, 0.05) is 17.6 Å². The van der Waals surface area contributed by atoms with Crippen LogP contribution in [-0.4, -0.2) is 46.4 Å². The van der Waals surface area contributed by atoms with Gasteiger partial charge in [0.05, 0.1) is 26.0 Å². The maximum absolute atomic E-state index is 11.5. The quantitative estimate of drug-likeness (QED) is 0.283. The van der Waals surface area contributed by atoms with Gasteiger partial charge in [-0.2, -0.15) is 0 Å². The highest BCUT2D eigenvalue weighted by Gasteiger charge is 2.22. The third-order valence-corrected chi connectivity index (χ3v) is 4.57. The van der Waals surface area contributed by atoms with Gasteiger partial charge in [-0.1, -0.05) is 17.7 Å². The van der Waals surface area contributed by atoms with Gasteiger partial charge in [-0.25, -0.2) is 13.1 Å². The lowest BCUT2D eigenvalue weighted by Gasteiger charge is -2.25. The fourth-order valence-corrected chi connectivity index (χ4v) is 3.67.